The zero-order valence-corrected chi connectivity index (χ0v) is 10.9. The highest BCUT2D eigenvalue weighted by Crippen LogP contribution is 2.24. The average Bonchev–Trinajstić information content (AvgIpc) is 2.91. The molecule has 0 unspecified atom stereocenters. The van der Waals surface area contributed by atoms with E-state index in [2.05, 4.69) is 4.98 Å². The Morgan fingerprint density at radius 1 is 1.25 bits per heavy atom. The summed E-state index contributed by atoms with van der Waals surface area (Å²) in [5.41, 5.74) is 9.55. The van der Waals surface area contributed by atoms with Crippen molar-refractivity contribution in [2.45, 2.75) is 0 Å². The zero-order valence-electron chi connectivity index (χ0n) is 10.9. The van der Waals surface area contributed by atoms with Crippen LogP contribution in [0.1, 0.15) is 10.4 Å². The van der Waals surface area contributed by atoms with Gasteiger partial charge in [0.1, 0.15) is 6.33 Å². The molecule has 0 saturated carbocycles. The number of hydrogen-bond acceptors (Lipinski definition) is 4. The number of para-hydroxylation sites is 2. The summed E-state index contributed by atoms with van der Waals surface area (Å²) >= 11 is 0. The van der Waals surface area contributed by atoms with Crippen molar-refractivity contribution in [1.82, 2.24) is 9.55 Å². The molecule has 0 fully saturated rings. The monoisotopic (exact) mass is 267 g/mol. The molecule has 20 heavy (non-hydrogen) atoms. The van der Waals surface area contributed by atoms with Gasteiger partial charge in [0.15, 0.2) is 0 Å². The number of carbonyl (C=O) groups is 1. The van der Waals surface area contributed by atoms with E-state index in [4.69, 9.17) is 10.5 Å². The van der Waals surface area contributed by atoms with Crippen LogP contribution in [-0.2, 0) is 4.74 Å². The third kappa shape index (κ3) is 1.89. The number of methoxy groups -OCH3 is 1. The maximum absolute atomic E-state index is 11.6. The highest BCUT2D eigenvalue weighted by Gasteiger charge is 2.11. The molecule has 0 aliphatic heterocycles. The number of aromatic nitrogens is 2. The van der Waals surface area contributed by atoms with Gasteiger partial charge >= 0.3 is 5.97 Å². The van der Waals surface area contributed by atoms with Gasteiger partial charge in [-0.1, -0.05) is 12.1 Å². The topological polar surface area (TPSA) is 70.1 Å². The maximum Gasteiger partial charge on any atom is 0.337 e. The van der Waals surface area contributed by atoms with Crippen LogP contribution < -0.4 is 5.73 Å². The molecule has 2 aromatic carbocycles. The largest absolute Gasteiger partial charge is 0.465 e. The van der Waals surface area contributed by atoms with Gasteiger partial charge in [0, 0.05) is 0 Å². The zero-order chi connectivity index (χ0) is 14.1. The number of anilines is 1. The SMILES string of the molecule is COC(=O)c1ccc(N)c(-n2cnc3ccccc32)c1. The minimum absolute atomic E-state index is 0.393. The first kappa shape index (κ1) is 12.2. The summed E-state index contributed by atoms with van der Waals surface area (Å²) in [6.07, 6.45) is 1.69. The van der Waals surface area contributed by atoms with Gasteiger partial charge < -0.3 is 10.5 Å². The fourth-order valence-electron chi connectivity index (χ4n) is 2.15. The summed E-state index contributed by atoms with van der Waals surface area (Å²) in [5, 5.41) is 0. The summed E-state index contributed by atoms with van der Waals surface area (Å²) in [4.78, 5) is 15.9. The van der Waals surface area contributed by atoms with E-state index in [0.717, 1.165) is 11.0 Å². The van der Waals surface area contributed by atoms with Crippen LogP contribution in [-0.4, -0.2) is 22.6 Å². The van der Waals surface area contributed by atoms with Crippen LogP contribution in [0.15, 0.2) is 48.8 Å². The standard InChI is InChI=1S/C15H13N3O2/c1-20-15(19)10-6-7-11(16)14(8-10)18-9-17-12-4-2-3-5-13(12)18/h2-9H,16H2,1H3. The number of esters is 1. The van der Waals surface area contributed by atoms with Gasteiger partial charge in [-0.25, -0.2) is 9.78 Å². The second kappa shape index (κ2) is 4.70. The Bertz CT molecular complexity index is 793. The van der Waals surface area contributed by atoms with Crippen LogP contribution >= 0.6 is 0 Å². The van der Waals surface area contributed by atoms with Crippen molar-refractivity contribution < 1.29 is 9.53 Å². The number of nitrogens with zero attached hydrogens (tertiary/aromatic N) is 2. The number of benzene rings is 2. The first-order chi connectivity index (χ1) is 9.70. The first-order valence-electron chi connectivity index (χ1n) is 6.11. The smallest absolute Gasteiger partial charge is 0.337 e. The molecule has 3 rings (SSSR count). The number of carbonyl (C=O) groups excluding carboxylic acids is 1. The normalized spacial score (nSPS) is 10.7. The van der Waals surface area contributed by atoms with Crippen LogP contribution in [0.2, 0.25) is 0 Å². The molecule has 1 heterocycles. The van der Waals surface area contributed by atoms with Gasteiger partial charge in [-0.2, -0.15) is 0 Å². The molecular formula is C15H13N3O2. The fraction of sp³-hybridized carbons (Fsp3) is 0.0667. The summed E-state index contributed by atoms with van der Waals surface area (Å²) < 4.78 is 6.59. The molecule has 5 nitrogen and oxygen atoms in total. The highest BCUT2D eigenvalue weighted by molar-refractivity contribution is 5.91. The molecule has 1 aromatic heterocycles. The van der Waals surface area contributed by atoms with E-state index in [9.17, 15) is 4.79 Å². The predicted molar refractivity (Wildman–Crippen MR) is 76.8 cm³/mol. The molecule has 0 aliphatic carbocycles. The predicted octanol–water partition coefficient (Wildman–Crippen LogP) is 2.39. The van der Waals surface area contributed by atoms with E-state index >= 15 is 0 Å². The van der Waals surface area contributed by atoms with Crippen molar-refractivity contribution in [1.29, 1.82) is 0 Å². The molecule has 0 spiro atoms. The number of ether oxygens (including phenoxy) is 1. The number of rotatable bonds is 2. The minimum Gasteiger partial charge on any atom is -0.465 e. The maximum atomic E-state index is 11.6. The Balaban J connectivity index is 2.21. The molecule has 0 bridgehead atoms. The van der Waals surface area contributed by atoms with Crippen LogP contribution in [0.4, 0.5) is 5.69 Å². The molecule has 5 heteroatoms. The lowest BCUT2D eigenvalue weighted by Gasteiger charge is -2.09. The van der Waals surface area contributed by atoms with Crippen molar-refractivity contribution in [3.8, 4) is 5.69 Å². The van der Waals surface area contributed by atoms with Gasteiger partial charge in [0.2, 0.25) is 0 Å². The summed E-state index contributed by atoms with van der Waals surface area (Å²) in [5.74, 6) is -0.393. The first-order valence-corrected chi connectivity index (χ1v) is 6.11. The van der Waals surface area contributed by atoms with Gasteiger partial charge in [-0.15, -0.1) is 0 Å². The summed E-state index contributed by atoms with van der Waals surface area (Å²) in [6.45, 7) is 0. The second-order valence-electron chi connectivity index (χ2n) is 4.37. The van der Waals surface area contributed by atoms with Crippen LogP contribution in [0.5, 0.6) is 0 Å². The Morgan fingerprint density at radius 3 is 2.85 bits per heavy atom. The van der Waals surface area contributed by atoms with Crippen LogP contribution in [0.3, 0.4) is 0 Å². The van der Waals surface area contributed by atoms with Gasteiger partial charge in [-0.3, -0.25) is 4.57 Å². The number of nitrogens with two attached hydrogens (primary N) is 1. The lowest BCUT2D eigenvalue weighted by Crippen LogP contribution is -2.05. The van der Waals surface area contributed by atoms with E-state index in [1.165, 1.54) is 7.11 Å². The minimum atomic E-state index is -0.393. The van der Waals surface area contributed by atoms with Gasteiger partial charge in [0.25, 0.3) is 0 Å². The third-order valence-electron chi connectivity index (χ3n) is 3.16. The Hall–Kier alpha value is -2.82. The lowest BCUT2D eigenvalue weighted by atomic mass is 10.1. The van der Waals surface area contributed by atoms with E-state index < -0.39 is 5.97 Å². The van der Waals surface area contributed by atoms with Crippen molar-refractivity contribution in [2.24, 2.45) is 0 Å². The van der Waals surface area contributed by atoms with Gasteiger partial charge in [0.05, 0.1) is 35.1 Å². The number of nitrogen functional groups attached to an aromatic ring is 1. The van der Waals surface area contributed by atoms with Crippen LogP contribution in [0, 0.1) is 0 Å². The van der Waals surface area contributed by atoms with Crippen molar-refractivity contribution in [3.05, 3.63) is 54.4 Å². The molecule has 0 amide bonds. The highest BCUT2D eigenvalue weighted by atomic mass is 16.5. The lowest BCUT2D eigenvalue weighted by molar-refractivity contribution is 0.0600. The second-order valence-corrected chi connectivity index (χ2v) is 4.37. The van der Waals surface area contributed by atoms with E-state index in [1.54, 1.807) is 24.5 Å². The molecule has 100 valence electrons. The Labute approximate surface area is 115 Å². The Morgan fingerprint density at radius 2 is 2.05 bits per heavy atom. The number of fused-ring (bicyclic) bond motifs is 1. The molecule has 0 saturated heterocycles. The fourth-order valence-corrected chi connectivity index (χ4v) is 2.15. The number of imidazole rings is 1. The summed E-state index contributed by atoms with van der Waals surface area (Å²) in [7, 11) is 1.35. The molecule has 3 aromatic rings. The quantitative estimate of drug-likeness (QED) is 0.571. The third-order valence-corrected chi connectivity index (χ3v) is 3.16. The van der Waals surface area contributed by atoms with Crippen molar-refractivity contribution in [2.75, 3.05) is 12.8 Å². The molecule has 0 aliphatic rings. The van der Waals surface area contributed by atoms with E-state index in [0.29, 0.717) is 16.9 Å². The summed E-state index contributed by atoms with van der Waals surface area (Å²) in [6, 6.07) is 12.8. The van der Waals surface area contributed by atoms with E-state index in [1.807, 2.05) is 28.8 Å². The molecular weight excluding hydrogens is 254 g/mol. The molecule has 0 atom stereocenters. The molecule has 2 N–H and O–H groups in total. The van der Waals surface area contributed by atoms with Crippen molar-refractivity contribution in [3.63, 3.8) is 0 Å². The average molecular weight is 267 g/mol. The van der Waals surface area contributed by atoms with Gasteiger partial charge in [-0.05, 0) is 30.3 Å². The van der Waals surface area contributed by atoms with E-state index in [-0.39, 0.29) is 0 Å². The molecule has 0 radical (unpaired) electrons. The Kier molecular flexibility index (Phi) is 2.87. The van der Waals surface area contributed by atoms with Crippen molar-refractivity contribution >= 4 is 22.7 Å². The van der Waals surface area contributed by atoms with Crippen LogP contribution in [0.25, 0.3) is 16.7 Å². The number of hydrogen-bond donors (Lipinski definition) is 1.